The quantitative estimate of drug-likeness (QED) is 0.614. The summed E-state index contributed by atoms with van der Waals surface area (Å²) in [6.45, 7) is 1.09. The van der Waals surface area contributed by atoms with Crippen LogP contribution in [0.2, 0.25) is 0 Å². The van der Waals surface area contributed by atoms with E-state index in [2.05, 4.69) is 4.74 Å². The lowest BCUT2D eigenvalue weighted by atomic mass is 10.1. The molecule has 6 heteroatoms. The summed E-state index contributed by atoms with van der Waals surface area (Å²) in [5, 5.41) is 0. The van der Waals surface area contributed by atoms with Gasteiger partial charge in [-0.25, -0.2) is 0 Å². The van der Waals surface area contributed by atoms with E-state index in [0.29, 0.717) is 0 Å². The molecule has 1 aromatic carbocycles. The fraction of sp³-hybridized carbons (Fsp3) is 0.222. The smallest absolute Gasteiger partial charge is 0.310 e. The molecule has 0 fully saturated rings. The topological polar surface area (TPSA) is 80.7 Å². The van der Waals surface area contributed by atoms with Gasteiger partial charge in [0.1, 0.15) is 0 Å². The van der Waals surface area contributed by atoms with Crippen molar-refractivity contribution in [2.75, 3.05) is 0 Å². The normalized spacial score (nSPS) is 15.3. The van der Waals surface area contributed by atoms with E-state index in [1.807, 2.05) is 0 Å². The van der Waals surface area contributed by atoms with Crippen molar-refractivity contribution < 1.29 is 22.5 Å². The van der Waals surface area contributed by atoms with E-state index in [0.717, 1.165) is 6.92 Å². The lowest BCUT2D eigenvalue weighted by molar-refractivity contribution is -0.136. The van der Waals surface area contributed by atoms with Gasteiger partial charge in [-0.1, -0.05) is 30.3 Å². The maximum absolute atomic E-state index is 11.1. The Balaban J connectivity index is 3.31. The van der Waals surface area contributed by atoms with E-state index in [4.69, 9.17) is 4.55 Å². The highest BCUT2D eigenvalue weighted by Crippen LogP contribution is 2.29. The summed E-state index contributed by atoms with van der Waals surface area (Å²) < 4.78 is 35.7. The van der Waals surface area contributed by atoms with Crippen LogP contribution in [0.4, 0.5) is 0 Å². The summed E-state index contributed by atoms with van der Waals surface area (Å²) in [6, 6.07) is 7.71. The third-order valence-corrected chi connectivity index (χ3v) is 3.38. The third kappa shape index (κ3) is 2.16. The van der Waals surface area contributed by atoms with Gasteiger partial charge < -0.3 is 4.74 Å². The number of rotatable bonds is 4. The minimum atomic E-state index is -4.53. The van der Waals surface area contributed by atoms with Crippen LogP contribution in [0.1, 0.15) is 12.5 Å². The molecular weight excluding hydrogens is 220 g/mol. The van der Waals surface area contributed by atoms with Crippen LogP contribution in [0, 0.1) is 0 Å². The zero-order valence-electron chi connectivity index (χ0n) is 7.95. The molecule has 0 saturated carbocycles. The molecule has 0 aliphatic carbocycles. The van der Waals surface area contributed by atoms with Gasteiger partial charge in [0.2, 0.25) is 0 Å². The molecule has 0 aliphatic heterocycles. The first kappa shape index (κ1) is 11.7. The van der Waals surface area contributed by atoms with Crippen molar-refractivity contribution in [2.45, 2.75) is 11.9 Å². The minimum absolute atomic E-state index is 0.0131. The second kappa shape index (κ2) is 4.00. The average molecular weight is 230 g/mol. The van der Waals surface area contributed by atoms with E-state index in [1.165, 1.54) is 12.1 Å². The van der Waals surface area contributed by atoms with Crippen molar-refractivity contribution in [3.63, 3.8) is 0 Å². The molecule has 1 atom stereocenters. The van der Waals surface area contributed by atoms with Crippen LogP contribution in [0.3, 0.4) is 0 Å². The molecular formula is C9H10O5S. The van der Waals surface area contributed by atoms with Crippen molar-refractivity contribution in [3.8, 4) is 0 Å². The number of benzene rings is 1. The summed E-state index contributed by atoms with van der Waals surface area (Å²) in [5.74, 6) is 0. The van der Waals surface area contributed by atoms with Crippen LogP contribution in [-0.4, -0.2) is 19.4 Å². The summed E-state index contributed by atoms with van der Waals surface area (Å²) in [6.07, 6.45) is 0. The van der Waals surface area contributed by atoms with E-state index < -0.39 is 15.1 Å². The maximum atomic E-state index is 11.1. The van der Waals surface area contributed by atoms with Crippen LogP contribution in [0.25, 0.3) is 0 Å². The molecule has 0 aromatic heterocycles. The van der Waals surface area contributed by atoms with Gasteiger partial charge in [0, 0.05) is 5.56 Å². The molecule has 0 amide bonds. The van der Waals surface area contributed by atoms with Gasteiger partial charge in [-0.3, -0.25) is 9.35 Å². The molecule has 5 nitrogen and oxygen atoms in total. The summed E-state index contributed by atoms with van der Waals surface area (Å²) in [5.41, 5.74) is 0.180. The van der Waals surface area contributed by atoms with E-state index in [1.54, 1.807) is 18.2 Å². The second-order valence-electron chi connectivity index (χ2n) is 3.00. The Bertz CT molecular complexity index is 439. The number of hydrogen-bond acceptors (Lipinski definition) is 4. The molecule has 0 radical (unpaired) electrons. The molecule has 1 unspecified atom stereocenters. The lowest BCUT2D eigenvalue weighted by Crippen LogP contribution is -2.34. The Morgan fingerprint density at radius 1 is 1.33 bits per heavy atom. The van der Waals surface area contributed by atoms with E-state index in [9.17, 15) is 13.2 Å². The summed E-state index contributed by atoms with van der Waals surface area (Å²) in [7, 11) is -4.53. The van der Waals surface area contributed by atoms with E-state index >= 15 is 0 Å². The van der Waals surface area contributed by atoms with Gasteiger partial charge in [0.05, 0.1) is 0 Å². The second-order valence-corrected chi connectivity index (χ2v) is 4.73. The van der Waals surface area contributed by atoms with Gasteiger partial charge >= 0.3 is 10.1 Å². The standard InChI is InChI=1S/C9H10O5S/c1-9(14-7-10,15(11,12)13)8-5-3-2-4-6-8/h2-7H,1H3,(H,11,12,13). The van der Waals surface area contributed by atoms with Crippen molar-refractivity contribution >= 4 is 16.6 Å². The highest BCUT2D eigenvalue weighted by Gasteiger charge is 2.42. The molecule has 0 bridgehead atoms. The fourth-order valence-corrected chi connectivity index (χ4v) is 1.71. The monoisotopic (exact) mass is 230 g/mol. The van der Waals surface area contributed by atoms with Crippen molar-refractivity contribution in [1.82, 2.24) is 0 Å². The highest BCUT2D eigenvalue weighted by molar-refractivity contribution is 7.86. The maximum Gasteiger partial charge on any atom is 0.310 e. The van der Waals surface area contributed by atoms with Crippen LogP contribution in [0.5, 0.6) is 0 Å². The van der Waals surface area contributed by atoms with Gasteiger partial charge in [-0.15, -0.1) is 0 Å². The largest absolute Gasteiger partial charge is 0.438 e. The summed E-state index contributed by atoms with van der Waals surface area (Å²) in [4.78, 5) is 8.18. The number of carbonyl (C=O) groups excluding carboxylic acids is 1. The minimum Gasteiger partial charge on any atom is -0.438 e. The molecule has 15 heavy (non-hydrogen) atoms. The number of carbonyl (C=O) groups is 1. The highest BCUT2D eigenvalue weighted by atomic mass is 32.2. The van der Waals surface area contributed by atoms with Gasteiger partial charge in [-0.05, 0) is 6.92 Å². The van der Waals surface area contributed by atoms with Crippen molar-refractivity contribution in [2.24, 2.45) is 0 Å². The summed E-state index contributed by atoms with van der Waals surface area (Å²) >= 11 is 0. The first-order chi connectivity index (χ1) is 6.92. The Morgan fingerprint density at radius 2 is 1.87 bits per heavy atom. The fourth-order valence-electron chi connectivity index (χ4n) is 1.11. The molecule has 1 rings (SSSR count). The SMILES string of the molecule is CC(OC=O)(c1ccccc1)S(=O)(=O)O. The predicted octanol–water partition coefficient (Wildman–Crippen LogP) is 0.920. The van der Waals surface area contributed by atoms with Gasteiger partial charge in [-0.2, -0.15) is 8.42 Å². The molecule has 1 N–H and O–H groups in total. The van der Waals surface area contributed by atoms with Crippen LogP contribution < -0.4 is 0 Å². The Hall–Kier alpha value is -1.40. The van der Waals surface area contributed by atoms with Gasteiger partial charge in [0.15, 0.2) is 0 Å². The zero-order valence-corrected chi connectivity index (χ0v) is 8.77. The zero-order chi connectivity index (χ0) is 11.5. The van der Waals surface area contributed by atoms with Gasteiger partial charge in [0.25, 0.3) is 11.4 Å². The van der Waals surface area contributed by atoms with Crippen LogP contribution in [0.15, 0.2) is 30.3 Å². The predicted molar refractivity (Wildman–Crippen MR) is 52.5 cm³/mol. The van der Waals surface area contributed by atoms with Crippen molar-refractivity contribution in [1.29, 1.82) is 0 Å². The Morgan fingerprint density at radius 3 is 2.27 bits per heavy atom. The molecule has 0 saturated heterocycles. The average Bonchev–Trinajstić information content (AvgIpc) is 2.18. The third-order valence-electron chi connectivity index (χ3n) is 2.06. The Labute approximate surface area is 87.4 Å². The van der Waals surface area contributed by atoms with E-state index in [-0.39, 0.29) is 12.0 Å². The van der Waals surface area contributed by atoms with Crippen LogP contribution in [-0.2, 0) is 24.6 Å². The first-order valence-corrected chi connectivity index (χ1v) is 5.50. The molecule has 1 aromatic rings. The van der Waals surface area contributed by atoms with Crippen molar-refractivity contribution in [3.05, 3.63) is 35.9 Å². The van der Waals surface area contributed by atoms with Crippen LogP contribution >= 0.6 is 0 Å². The number of hydrogen-bond donors (Lipinski definition) is 1. The molecule has 82 valence electrons. The molecule has 0 heterocycles. The lowest BCUT2D eigenvalue weighted by Gasteiger charge is -2.24. The number of ether oxygens (including phenoxy) is 1. The first-order valence-electron chi connectivity index (χ1n) is 4.06. The molecule has 0 aliphatic rings. The Kier molecular flexibility index (Phi) is 3.11. The molecule has 0 spiro atoms.